The Morgan fingerprint density at radius 2 is 1.82 bits per heavy atom. The van der Waals surface area contributed by atoms with Crippen molar-refractivity contribution in [2.75, 3.05) is 0 Å². The van der Waals surface area contributed by atoms with Gasteiger partial charge in [-0.3, -0.25) is 9.78 Å². The molecule has 6 nitrogen and oxygen atoms in total. The number of benzene rings is 1. The molecular weight excluding hydrogens is 373 g/mol. The summed E-state index contributed by atoms with van der Waals surface area (Å²) in [6.07, 6.45) is -0.792. The van der Waals surface area contributed by atoms with Gasteiger partial charge in [-0.05, 0) is 36.8 Å². The van der Waals surface area contributed by atoms with Gasteiger partial charge in [0.05, 0.1) is 11.6 Å². The number of aromatic nitrogens is 3. The minimum Gasteiger partial charge on any atom is -0.350 e. The number of aryl methyl sites for hydroxylation is 1. The minimum atomic E-state index is -4.38. The number of rotatable bonds is 6. The number of alkyl halides is 3. The van der Waals surface area contributed by atoms with Crippen LogP contribution >= 0.6 is 0 Å². The maximum Gasteiger partial charge on any atom is 0.416 e. The highest BCUT2D eigenvalue weighted by Crippen LogP contribution is 2.29. The predicted molar refractivity (Wildman–Crippen MR) is 93.9 cm³/mol. The Morgan fingerprint density at radius 1 is 1.14 bits per heavy atom. The second-order valence-electron chi connectivity index (χ2n) is 6.16. The molecule has 0 aliphatic rings. The van der Waals surface area contributed by atoms with E-state index in [0.717, 1.165) is 17.7 Å². The smallest absolute Gasteiger partial charge is 0.350 e. The summed E-state index contributed by atoms with van der Waals surface area (Å²) in [7, 11) is 0. The van der Waals surface area contributed by atoms with Crippen molar-refractivity contribution in [3.05, 3.63) is 65.8 Å². The molecule has 1 aromatic carbocycles. The van der Waals surface area contributed by atoms with Crippen LogP contribution in [0.3, 0.4) is 0 Å². The molecule has 2 aromatic heterocycles. The number of hydrogen-bond acceptors (Lipinski definition) is 5. The minimum absolute atomic E-state index is 0.114. The van der Waals surface area contributed by atoms with Gasteiger partial charge >= 0.3 is 6.18 Å². The second kappa shape index (κ2) is 8.20. The topological polar surface area (TPSA) is 80.9 Å². The van der Waals surface area contributed by atoms with Crippen molar-refractivity contribution in [3.8, 4) is 11.4 Å². The molecule has 0 radical (unpaired) electrons. The van der Waals surface area contributed by atoms with E-state index in [9.17, 15) is 18.0 Å². The molecule has 1 amide bonds. The number of nitrogens with one attached hydrogen (secondary N) is 1. The molecule has 0 aliphatic heterocycles. The number of hydrogen-bond donors (Lipinski definition) is 1. The fraction of sp³-hybridized carbons (Fsp3) is 0.263. The van der Waals surface area contributed by atoms with E-state index in [-0.39, 0.29) is 18.7 Å². The van der Waals surface area contributed by atoms with Crippen LogP contribution in [0.5, 0.6) is 0 Å². The highest BCUT2D eigenvalue weighted by molar-refractivity contribution is 5.76. The van der Waals surface area contributed by atoms with Crippen LogP contribution in [0.15, 0.2) is 53.3 Å². The molecule has 0 saturated carbocycles. The molecule has 1 atom stereocenters. The molecule has 0 spiro atoms. The van der Waals surface area contributed by atoms with E-state index in [4.69, 9.17) is 4.52 Å². The Kier molecular flexibility index (Phi) is 5.72. The quantitative estimate of drug-likeness (QED) is 0.689. The van der Waals surface area contributed by atoms with Crippen LogP contribution in [-0.4, -0.2) is 21.0 Å². The summed E-state index contributed by atoms with van der Waals surface area (Å²) in [6.45, 7) is 1.70. The van der Waals surface area contributed by atoms with E-state index >= 15 is 0 Å². The third-order valence-electron chi connectivity index (χ3n) is 4.09. The van der Waals surface area contributed by atoms with Crippen LogP contribution in [0.4, 0.5) is 13.2 Å². The highest BCUT2D eigenvalue weighted by Gasteiger charge is 2.30. The first-order valence-corrected chi connectivity index (χ1v) is 8.52. The van der Waals surface area contributed by atoms with Crippen LogP contribution in [0.2, 0.25) is 0 Å². The summed E-state index contributed by atoms with van der Waals surface area (Å²) >= 11 is 0. The fourth-order valence-corrected chi connectivity index (χ4v) is 2.55. The highest BCUT2D eigenvalue weighted by atomic mass is 19.4. The van der Waals surface area contributed by atoms with Crippen LogP contribution in [-0.2, 0) is 17.4 Å². The average Bonchev–Trinajstić information content (AvgIpc) is 3.15. The largest absolute Gasteiger partial charge is 0.416 e. The first kappa shape index (κ1) is 19.5. The normalized spacial score (nSPS) is 12.6. The van der Waals surface area contributed by atoms with E-state index in [0.29, 0.717) is 17.3 Å². The van der Waals surface area contributed by atoms with Gasteiger partial charge in [0.15, 0.2) is 0 Å². The zero-order valence-corrected chi connectivity index (χ0v) is 14.9. The molecule has 2 heterocycles. The zero-order chi connectivity index (χ0) is 20.1. The van der Waals surface area contributed by atoms with Gasteiger partial charge in [0.2, 0.25) is 17.6 Å². The van der Waals surface area contributed by atoms with Crippen LogP contribution in [0, 0.1) is 0 Å². The lowest BCUT2D eigenvalue weighted by atomic mass is 10.1. The lowest BCUT2D eigenvalue weighted by molar-refractivity contribution is -0.137. The Morgan fingerprint density at radius 3 is 2.46 bits per heavy atom. The number of carbonyl (C=O) groups excluding carboxylic acids is 1. The maximum absolute atomic E-state index is 12.6. The Labute approximate surface area is 158 Å². The van der Waals surface area contributed by atoms with Gasteiger partial charge in [-0.1, -0.05) is 17.3 Å². The third kappa shape index (κ3) is 4.93. The molecule has 0 bridgehead atoms. The fourth-order valence-electron chi connectivity index (χ4n) is 2.55. The van der Waals surface area contributed by atoms with Crippen molar-refractivity contribution in [2.45, 2.75) is 32.0 Å². The molecule has 3 aromatic rings. The first-order chi connectivity index (χ1) is 13.3. The van der Waals surface area contributed by atoms with E-state index in [1.165, 1.54) is 12.1 Å². The second-order valence-corrected chi connectivity index (χ2v) is 6.16. The molecule has 3 rings (SSSR count). The molecule has 0 saturated heterocycles. The lowest BCUT2D eigenvalue weighted by Crippen LogP contribution is -2.26. The van der Waals surface area contributed by atoms with E-state index in [1.807, 2.05) is 0 Å². The van der Waals surface area contributed by atoms with E-state index in [2.05, 4.69) is 20.4 Å². The summed E-state index contributed by atoms with van der Waals surface area (Å²) in [5, 5.41) is 6.61. The zero-order valence-electron chi connectivity index (χ0n) is 14.9. The molecule has 146 valence electrons. The van der Waals surface area contributed by atoms with Crippen molar-refractivity contribution in [3.63, 3.8) is 0 Å². The van der Waals surface area contributed by atoms with Gasteiger partial charge in [-0.25, -0.2) is 0 Å². The SMILES string of the molecule is C[C@H](NC(=O)CCc1nc(-c2ccncc2)no1)c1ccc(C(F)(F)F)cc1. The van der Waals surface area contributed by atoms with Crippen LogP contribution in [0.1, 0.15) is 36.4 Å². The Bertz CT molecular complexity index is 924. The van der Waals surface area contributed by atoms with Gasteiger partial charge in [0, 0.05) is 30.8 Å². The van der Waals surface area contributed by atoms with Crippen LogP contribution in [0.25, 0.3) is 11.4 Å². The monoisotopic (exact) mass is 390 g/mol. The molecule has 1 N–H and O–H groups in total. The Hall–Kier alpha value is -3.23. The van der Waals surface area contributed by atoms with Gasteiger partial charge in [0.1, 0.15) is 0 Å². The molecule has 0 unspecified atom stereocenters. The first-order valence-electron chi connectivity index (χ1n) is 8.52. The standard InChI is InChI=1S/C19H17F3N4O2/c1-12(13-2-4-15(5-3-13)19(20,21)22)24-16(27)6-7-17-25-18(26-28-17)14-8-10-23-11-9-14/h2-5,8-12H,6-7H2,1H3,(H,24,27)/t12-/m0/s1. The van der Waals surface area contributed by atoms with Gasteiger partial charge in [-0.2, -0.15) is 18.2 Å². The number of amides is 1. The summed E-state index contributed by atoms with van der Waals surface area (Å²) < 4.78 is 43.0. The van der Waals surface area contributed by atoms with Gasteiger partial charge in [0.25, 0.3) is 0 Å². The third-order valence-corrected chi connectivity index (χ3v) is 4.09. The van der Waals surface area contributed by atoms with Crippen molar-refractivity contribution in [1.82, 2.24) is 20.4 Å². The van der Waals surface area contributed by atoms with Crippen molar-refractivity contribution >= 4 is 5.91 Å². The Balaban J connectivity index is 1.52. The molecule has 28 heavy (non-hydrogen) atoms. The molecule has 0 fully saturated rings. The summed E-state index contributed by atoms with van der Waals surface area (Å²) in [5.41, 5.74) is 0.612. The maximum atomic E-state index is 12.6. The number of nitrogens with zero attached hydrogens (tertiary/aromatic N) is 3. The average molecular weight is 390 g/mol. The lowest BCUT2D eigenvalue weighted by Gasteiger charge is -2.15. The molecular formula is C19H17F3N4O2. The van der Waals surface area contributed by atoms with Crippen molar-refractivity contribution in [2.24, 2.45) is 0 Å². The molecule has 9 heteroatoms. The van der Waals surface area contributed by atoms with Gasteiger partial charge < -0.3 is 9.84 Å². The van der Waals surface area contributed by atoms with E-state index in [1.54, 1.807) is 31.5 Å². The number of halogens is 3. The number of pyridine rings is 1. The summed E-state index contributed by atoms with van der Waals surface area (Å²) in [5.74, 6) is 0.469. The predicted octanol–water partition coefficient (Wildman–Crippen LogP) is 3.96. The number of carbonyl (C=O) groups is 1. The summed E-state index contributed by atoms with van der Waals surface area (Å²) in [4.78, 5) is 20.3. The molecule has 0 aliphatic carbocycles. The van der Waals surface area contributed by atoms with Crippen molar-refractivity contribution in [1.29, 1.82) is 0 Å². The van der Waals surface area contributed by atoms with Crippen molar-refractivity contribution < 1.29 is 22.5 Å². The van der Waals surface area contributed by atoms with Gasteiger partial charge in [-0.15, -0.1) is 0 Å². The van der Waals surface area contributed by atoms with E-state index < -0.39 is 17.8 Å². The van der Waals surface area contributed by atoms with Crippen LogP contribution < -0.4 is 5.32 Å². The summed E-state index contributed by atoms with van der Waals surface area (Å²) in [6, 6.07) is 7.76.